The Morgan fingerprint density at radius 3 is 1.06 bits per heavy atom. The molecule has 0 aliphatic carbocycles. The Morgan fingerprint density at radius 1 is 0.478 bits per heavy atom. The van der Waals surface area contributed by atoms with Crippen LogP contribution < -0.4 is 5.32 Å². The van der Waals surface area contributed by atoms with E-state index >= 15 is 0 Å². The fourth-order valence-corrected chi connectivity index (χ4v) is 6.88. The summed E-state index contributed by atoms with van der Waals surface area (Å²) in [7, 11) is 0. The van der Waals surface area contributed by atoms with Gasteiger partial charge in [0.25, 0.3) is 0 Å². The van der Waals surface area contributed by atoms with E-state index in [1.54, 1.807) is 0 Å². The lowest BCUT2D eigenvalue weighted by Gasteiger charge is -2.44. The number of aliphatic hydroxyl groups is 12. The lowest BCUT2D eigenvalue weighted by molar-refractivity contribution is -0.425. The van der Waals surface area contributed by atoms with Gasteiger partial charge < -0.3 is 95.0 Å². The van der Waals surface area contributed by atoms with Crippen molar-refractivity contribution < 1.29 is 147 Å². The third kappa shape index (κ3) is 12.0. The van der Waals surface area contributed by atoms with E-state index in [1.165, 1.54) is 0 Å². The molecule has 32 heteroatoms. The van der Waals surface area contributed by atoms with Crippen molar-refractivity contribution in [2.24, 2.45) is 0 Å². The number of aliphatic hydroxyl groups excluding tert-OH is 12. The lowest BCUT2D eigenvalue weighted by Crippen LogP contribution is -2.70. The normalized spacial score (nSPS) is 34.3. The highest BCUT2D eigenvalue weighted by Gasteiger charge is 2.89. The quantitative estimate of drug-likeness (QED) is 0.0431. The van der Waals surface area contributed by atoms with Crippen LogP contribution in [0.1, 0.15) is 39.0 Å². The molecule has 67 heavy (non-hydrogen) atoms. The van der Waals surface area contributed by atoms with E-state index in [2.05, 4.69) is 0 Å². The molecular weight excluding hydrogens is 966 g/mol. The maximum atomic E-state index is 14.8. The molecule has 0 aromatic rings. The van der Waals surface area contributed by atoms with E-state index in [9.17, 15) is 119 Å². The summed E-state index contributed by atoms with van der Waals surface area (Å²) in [5.41, 5.74) is -2.70. The van der Waals surface area contributed by atoms with Crippen molar-refractivity contribution in [2.45, 2.75) is 172 Å². The molecule has 15 atom stereocenters. The van der Waals surface area contributed by atoms with Gasteiger partial charge in [0.2, 0.25) is 5.91 Å². The summed E-state index contributed by atoms with van der Waals surface area (Å²) in [4.78, 5) is 13.5. The van der Waals surface area contributed by atoms with Crippen LogP contribution in [0, 0.1) is 0 Å². The number of ether oxygens (including phenoxy) is 6. The maximum Gasteiger partial charge on any atom is 0.384 e. The van der Waals surface area contributed by atoms with Gasteiger partial charge in [-0.2, -0.15) is 52.7 Å². The number of hydrogen-bond donors (Lipinski definition) is 13. The van der Waals surface area contributed by atoms with E-state index in [4.69, 9.17) is 28.4 Å². The van der Waals surface area contributed by atoms with Crippen LogP contribution in [0.3, 0.4) is 0 Å². The summed E-state index contributed by atoms with van der Waals surface area (Å²) in [5.74, 6) is -44.9. The number of carbonyl (C=O) groups is 1. The van der Waals surface area contributed by atoms with Gasteiger partial charge in [-0.3, -0.25) is 4.79 Å². The fourth-order valence-electron chi connectivity index (χ4n) is 6.88. The van der Waals surface area contributed by atoms with Crippen molar-refractivity contribution in [3.63, 3.8) is 0 Å². The first kappa shape index (κ1) is 59.2. The third-order valence-corrected chi connectivity index (χ3v) is 11.1. The lowest BCUT2D eigenvalue weighted by atomic mass is 9.88. The molecule has 20 nitrogen and oxygen atoms in total. The molecule has 0 radical (unpaired) electrons. The minimum atomic E-state index is -7.90. The molecule has 3 aliphatic heterocycles. The van der Waals surface area contributed by atoms with Crippen LogP contribution in [0.4, 0.5) is 52.7 Å². The average Bonchev–Trinajstić information content (AvgIpc) is 3.25. The van der Waals surface area contributed by atoms with Gasteiger partial charge in [0.1, 0.15) is 78.8 Å². The predicted octanol–water partition coefficient (Wildman–Crippen LogP) is -2.93. The molecule has 3 fully saturated rings. The highest BCUT2D eigenvalue weighted by molar-refractivity contribution is 5.76. The van der Waals surface area contributed by atoms with Gasteiger partial charge in [0.15, 0.2) is 18.9 Å². The number of nitrogens with one attached hydrogen (secondary N) is 1. The van der Waals surface area contributed by atoms with Gasteiger partial charge in [-0.05, 0) is 6.42 Å². The van der Waals surface area contributed by atoms with E-state index in [-0.39, 0.29) is 0 Å². The molecule has 1 amide bonds. The van der Waals surface area contributed by atoms with Crippen LogP contribution in [-0.2, 0) is 33.2 Å². The number of carbonyl (C=O) groups excluding carboxylic acids is 1. The Bertz CT molecular complexity index is 1480. The zero-order valence-corrected chi connectivity index (χ0v) is 34.7. The predicted molar refractivity (Wildman–Crippen MR) is 188 cm³/mol. The molecule has 0 aromatic carbocycles. The van der Waals surface area contributed by atoms with Crippen LogP contribution in [0.25, 0.3) is 0 Å². The second-order valence-corrected chi connectivity index (χ2v) is 16.2. The zero-order valence-electron chi connectivity index (χ0n) is 34.7. The fraction of sp³-hybridized carbons (Fsp3) is 0.971. The largest absolute Gasteiger partial charge is 0.394 e. The summed E-state index contributed by atoms with van der Waals surface area (Å²) in [6.45, 7) is -6.48. The summed E-state index contributed by atoms with van der Waals surface area (Å²) >= 11 is 0. The summed E-state index contributed by atoms with van der Waals surface area (Å²) in [6, 6.07) is 0. The maximum absolute atomic E-state index is 14.8. The molecule has 0 bridgehead atoms. The number of amides is 1. The first-order valence-electron chi connectivity index (χ1n) is 20.0. The number of alkyl halides is 12. The molecule has 13 N–H and O–H groups in total. The van der Waals surface area contributed by atoms with E-state index < -0.39 is 211 Å². The van der Waals surface area contributed by atoms with Crippen molar-refractivity contribution in [1.82, 2.24) is 5.32 Å². The second kappa shape index (κ2) is 22.5. The molecule has 3 heterocycles. The first-order chi connectivity index (χ1) is 30.7. The van der Waals surface area contributed by atoms with Crippen molar-refractivity contribution in [1.29, 1.82) is 0 Å². The molecule has 0 unspecified atom stereocenters. The van der Waals surface area contributed by atoms with Crippen molar-refractivity contribution in [3.8, 4) is 0 Å². The summed E-state index contributed by atoms with van der Waals surface area (Å²) in [5, 5.41) is 124. The number of rotatable bonds is 24. The van der Waals surface area contributed by atoms with Crippen molar-refractivity contribution >= 4 is 5.91 Å². The third-order valence-electron chi connectivity index (χ3n) is 11.1. The van der Waals surface area contributed by atoms with Gasteiger partial charge >= 0.3 is 35.5 Å². The Balaban J connectivity index is 2.01. The van der Waals surface area contributed by atoms with E-state index in [1.807, 2.05) is 5.32 Å². The Kier molecular flexibility index (Phi) is 19.9. The second-order valence-electron chi connectivity index (χ2n) is 16.2. The van der Waals surface area contributed by atoms with Crippen LogP contribution in [0.2, 0.25) is 0 Å². The Morgan fingerprint density at radius 2 is 0.776 bits per heavy atom. The number of halogens is 12. The van der Waals surface area contributed by atoms with Crippen LogP contribution in [-0.4, -0.2) is 240 Å². The molecule has 3 saturated heterocycles. The standard InChI is InChI=1S/C35H53F12NO19/c1-2-5-30(36,37)32(40,41)34(44,45)35(46,47)33(42,43)31(38,39)6-3-4-16(52)48-29(10-62-26-23(59)20(56)17(53)13(7-49)65-26,11-63-27-24(60)21(57)18(54)14(8-50)66-27)12-64-28-25(61)22(58)19(55)15(9-51)67-28/h13-15,17-28,49-51,53-61H,2-12H2,1H3,(H,48,52)/t13-,14-,15-,17-,18-,19-,20+,21+,22+,23-,24-,25-,26-,27-,28-/m1/s1. The summed E-state index contributed by atoms with van der Waals surface area (Å²) < 4.78 is 205. The van der Waals surface area contributed by atoms with Gasteiger partial charge in [0.05, 0.1) is 39.6 Å². The monoisotopic (exact) mass is 1020 g/mol. The Labute approximate surface area is 370 Å². The van der Waals surface area contributed by atoms with Crippen LogP contribution in [0.15, 0.2) is 0 Å². The molecular formula is C35H53F12NO19. The number of hydrogen-bond acceptors (Lipinski definition) is 19. The Hall–Kier alpha value is -2.09. The minimum absolute atomic E-state index is 0.691. The zero-order chi connectivity index (χ0) is 51.5. The van der Waals surface area contributed by atoms with E-state index in [0.29, 0.717) is 6.92 Å². The van der Waals surface area contributed by atoms with Gasteiger partial charge in [0, 0.05) is 19.3 Å². The molecule has 0 saturated carbocycles. The summed E-state index contributed by atoms with van der Waals surface area (Å²) in [6.07, 6.45) is -40.3. The first-order valence-corrected chi connectivity index (χ1v) is 20.0. The van der Waals surface area contributed by atoms with Gasteiger partial charge in [-0.15, -0.1) is 0 Å². The molecule has 396 valence electrons. The highest BCUT2D eigenvalue weighted by Crippen LogP contribution is 2.61. The SMILES string of the molecule is CCCC(F)(F)C(F)(F)C(F)(F)C(F)(F)C(F)(F)C(F)(F)CCCC(=O)NC(CO[C@@H]1O[C@H](CO)[C@@H](O)[C@H](O)[C@H]1O)(CO[C@@H]1O[C@H](CO)[C@@H](O)[C@H](O)[C@H]1O)CO[C@@H]1O[C@H](CO)[C@@H](O)[C@H](O)[C@H]1O. The minimum Gasteiger partial charge on any atom is -0.394 e. The van der Waals surface area contributed by atoms with Gasteiger partial charge in [-0.1, -0.05) is 13.3 Å². The van der Waals surface area contributed by atoms with E-state index in [0.717, 1.165) is 0 Å². The average molecular weight is 1020 g/mol. The highest BCUT2D eigenvalue weighted by atomic mass is 19.4. The van der Waals surface area contributed by atoms with Crippen molar-refractivity contribution in [2.75, 3.05) is 39.6 Å². The van der Waals surface area contributed by atoms with Crippen LogP contribution >= 0.6 is 0 Å². The van der Waals surface area contributed by atoms with Crippen molar-refractivity contribution in [3.05, 3.63) is 0 Å². The molecule has 0 aromatic heterocycles. The van der Waals surface area contributed by atoms with Gasteiger partial charge in [-0.25, -0.2) is 0 Å². The van der Waals surface area contributed by atoms with Crippen LogP contribution in [0.5, 0.6) is 0 Å². The molecule has 0 spiro atoms. The molecule has 3 aliphatic rings. The smallest absolute Gasteiger partial charge is 0.384 e. The topological polar surface area (TPSA) is 327 Å². The molecule has 3 rings (SSSR count).